The Kier molecular flexibility index (Phi) is 9.29. The molecule has 0 atom stereocenters. The van der Waals surface area contributed by atoms with E-state index >= 15 is 0 Å². The quantitative estimate of drug-likeness (QED) is 0.394. The number of aliphatic imine (C=N–C) groups is 1. The molecule has 1 heterocycles. The van der Waals surface area contributed by atoms with E-state index in [1.165, 1.54) is 11.3 Å². The summed E-state index contributed by atoms with van der Waals surface area (Å²) < 4.78 is 5.31. The Balaban J connectivity index is 0.00000288. The highest BCUT2D eigenvalue weighted by Gasteiger charge is 2.00. The fourth-order valence-corrected chi connectivity index (χ4v) is 2.27. The minimum atomic E-state index is 0. The maximum Gasteiger partial charge on any atom is 0.191 e. The van der Waals surface area contributed by atoms with Gasteiger partial charge in [0.2, 0.25) is 0 Å². The number of benzene rings is 1. The summed E-state index contributed by atoms with van der Waals surface area (Å²) in [6.45, 7) is 1.65. The van der Waals surface area contributed by atoms with E-state index in [0.29, 0.717) is 0 Å². The van der Waals surface area contributed by atoms with Crippen molar-refractivity contribution in [3.63, 3.8) is 0 Å². The lowest BCUT2D eigenvalue weighted by Crippen LogP contribution is -2.39. The van der Waals surface area contributed by atoms with Gasteiger partial charge in [-0.2, -0.15) is 0 Å². The molecule has 1 aromatic heterocycles. The van der Waals surface area contributed by atoms with E-state index in [4.69, 9.17) is 4.42 Å². The van der Waals surface area contributed by atoms with Crippen LogP contribution in [0, 0.1) is 0 Å². The predicted molar refractivity (Wildman–Crippen MR) is 112 cm³/mol. The molecule has 0 saturated heterocycles. The summed E-state index contributed by atoms with van der Waals surface area (Å²) in [6.07, 6.45) is 3.51. The molecule has 0 unspecified atom stereocenters. The van der Waals surface area contributed by atoms with E-state index in [1.54, 1.807) is 13.3 Å². The van der Waals surface area contributed by atoms with Crippen molar-refractivity contribution in [1.29, 1.82) is 0 Å². The number of rotatable bonds is 7. The molecule has 132 valence electrons. The van der Waals surface area contributed by atoms with Crippen LogP contribution in [0.3, 0.4) is 0 Å². The fourth-order valence-electron chi connectivity index (χ4n) is 2.27. The van der Waals surface area contributed by atoms with Crippen LogP contribution < -0.4 is 15.5 Å². The first kappa shape index (κ1) is 20.3. The van der Waals surface area contributed by atoms with Crippen LogP contribution >= 0.6 is 24.0 Å². The summed E-state index contributed by atoms with van der Waals surface area (Å²) in [4.78, 5) is 6.34. The van der Waals surface area contributed by atoms with Gasteiger partial charge in [0.25, 0.3) is 0 Å². The number of guanidine groups is 1. The third-order valence-electron chi connectivity index (χ3n) is 3.63. The highest BCUT2D eigenvalue weighted by Crippen LogP contribution is 2.12. The number of anilines is 1. The number of halogens is 1. The van der Waals surface area contributed by atoms with Gasteiger partial charge in [-0.25, -0.2) is 0 Å². The molecule has 0 radical (unpaired) electrons. The molecular formula is C18H27IN4O. The van der Waals surface area contributed by atoms with Crippen molar-refractivity contribution in [2.45, 2.75) is 12.8 Å². The van der Waals surface area contributed by atoms with Crippen molar-refractivity contribution in [2.75, 3.05) is 39.1 Å². The summed E-state index contributed by atoms with van der Waals surface area (Å²) in [5.74, 6) is 1.80. The van der Waals surface area contributed by atoms with Gasteiger partial charge in [-0.15, -0.1) is 24.0 Å². The van der Waals surface area contributed by atoms with Gasteiger partial charge in [0, 0.05) is 46.3 Å². The third kappa shape index (κ3) is 6.82. The summed E-state index contributed by atoms with van der Waals surface area (Å²) in [5.41, 5.74) is 2.53. The first-order valence-electron chi connectivity index (χ1n) is 7.92. The Morgan fingerprint density at radius 2 is 1.71 bits per heavy atom. The zero-order chi connectivity index (χ0) is 16.5. The van der Waals surface area contributed by atoms with E-state index < -0.39 is 0 Å². The average molecular weight is 442 g/mol. The van der Waals surface area contributed by atoms with Crippen molar-refractivity contribution in [2.24, 2.45) is 4.99 Å². The van der Waals surface area contributed by atoms with Crippen LogP contribution in [0.5, 0.6) is 0 Å². The van der Waals surface area contributed by atoms with E-state index in [2.05, 4.69) is 58.9 Å². The molecule has 6 heteroatoms. The molecule has 0 bridgehead atoms. The lowest BCUT2D eigenvalue weighted by Gasteiger charge is -2.13. The molecule has 0 amide bonds. The predicted octanol–water partition coefficient (Wildman–Crippen LogP) is 2.91. The molecule has 2 aromatic rings. The second-order valence-corrected chi connectivity index (χ2v) is 5.57. The van der Waals surface area contributed by atoms with Gasteiger partial charge in [0.05, 0.1) is 6.26 Å². The summed E-state index contributed by atoms with van der Waals surface area (Å²) in [5, 5.41) is 6.62. The van der Waals surface area contributed by atoms with Crippen LogP contribution in [0.1, 0.15) is 11.3 Å². The van der Waals surface area contributed by atoms with Crippen LogP contribution in [-0.4, -0.2) is 40.2 Å². The molecule has 0 aliphatic heterocycles. The van der Waals surface area contributed by atoms with Crippen molar-refractivity contribution < 1.29 is 4.42 Å². The summed E-state index contributed by atoms with van der Waals surface area (Å²) in [6, 6.07) is 12.5. The van der Waals surface area contributed by atoms with Crippen LogP contribution in [0.4, 0.5) is 5.69 Å². The van der Waals surface area contributed by atoms with Crippen molar-refractivity contribution in [3.05, 3.63) is 54.0 Å². The Morgan fingerprint density at radius 1 is 1.04 bits per heavy atom. The highest BCUT2D eigenvalue weighted by molar-refractivity contribution is 14.0. The normalized spacial score (nSPS) is 10.9. The largest absolute Gasteiger partial charge is 0.469 e. The first-order valence-corrected chi connectivity index (χ1v) is 7.92. The van der Waals surface area contributed by atoms with Crippen LogP contribution in [0.2, 0.25) is 0 Å². The van der Waals surface area contributed by atoms with E-state index in [-0.39, 0.29) is 24.0 Å². The summed E-state index contributed by atoms with van der Waals surface area (Å²) in [7, 11) is 5.89. The lowest BCUT2D eigenvalue weighted by atomic mass is 10.1. The van der Waals surface area contributed by atoms with Crippen molar-refractivity contribution in [3.8, 4) is 0 Å². The third-order valence-corrected chi connectivity index (χ3v) is 3.63. The van der Waals surface area contributed by atoms with Gasteiger partial charge in [0.15, 0.2) is 5.96 Å². The number of nitrogens with one attached hydrogen (secondary N) is 2. The van der Waals surface area contributed by atoms with Gasteiger partial charge >= 0.3 is 0 Å². The Bertz CT molecular complexity index is 594. The number of nitrogens with zero attached hydrogens (tertiary/aromatic N) is 2. The molecule has 1 aromatic carbocycles. The van der Waals surface area contributed by atoms with Gasteiger partial charge in [0.1, 0.15) is 5.76 Å². The van der Waals surface area contributed by atoms with E-state index in [1.807, 2.05) is 12.1 Å². The van der Waals surface area contributed by atoms with Gasteiger partial charge in [-0.1, -0.05) is 12.1 Å². The SMILES string of the molecule is CN=C(NCCc1ccc(N(C)C)cc1)NCCc1ccco1.I. The monoisotopic (exact) mass is 442 g/mol. The summed E-state index contributed by atoms with van der Waals surface area (Å²) >= 11 is 0. The van der Waals surface area contributed by atoms with Crippen LogP contribution in [0.15, 0.2) is 52.1 Å². The Hall–Kier alpha value is -1.70. The average Bonchev–Trinajstić information content (AvgIpc) is 3.07. The zero-order valence-electron chi connectivity index (χ0n) is 14.6. The molecular weight excluding hydrogens is 415 g/mol. The second kappa shape index (κ2) is 11.0. The minimum absolute atomic E-state index is 0. The molecule has 0 aliphatic carbocycles. The van der Waals surface area contributed by atoms with Crippen molar-refractivity contribution >= 4 is 35.6 Å². The zero-order valence-corrected chi connectivity index (χ0v) is 16.9. The molecule has 0 spiro atoms. The molecule has 0 aliphatic rings. The maximum absolute atomic E-state index is 5.31. The molecule has 2 rings (SSSR count). The van der Waals surface area contributed by atoms with Crippen molar-refractivity contribution in [1.82, 2.24) is 10.6 Å². The molecule has 24 heavy (non-hydrogen) atoms. The fraction of sp³-hybridized carbons (Fsp3) is 0.389. The van der Waals surface area contributed by atoms with Crippen LogP contribution in [0.25, 0.3) is 0 Å². The number of hydrogen-bond acceptors (Lipinski definition) is 3. The van der Waals surface area contributed by atoms with Gasteiger partial charge in [-0.3, -0.25) is 4.99 Å². The smallest absolute Gasteiger partial charge is 0.191 e. The lowest BCUT2D eigenvalue weighted by molar-refractivity contribution is 0.507. The molecule has 5 nitrogen and oxygen atoms in total. The number of furan rings is 1. The highest BCUT2D eigenvalue weighted by atomic mass is 127. The van der Waals surface area contributed by atoms with Crippen LogP contribution in [-0.2, 0) is 12.8 Å². The Labute approximate surface area is 161 Å². The number of hydrogen-bond donors (Lipinski definition) is 2. The molecule has 0 fully saturated rings. The van der Waals surface area contributed by atoms with E-state index in [0.717, 1.165) is 37.7 Å². The maximum atomic E-state index is 5.31. The Morgan fingerprint density at radius 3 is 2.25 bits per heavy atom. The second-order valence-electron chi connectivity index (χ2n) is 5.57. The first-order chi connectivity index (χ1) is 11.2. The molecule has 0 saturated carbocycles. The van der Waals surface area contributed by atoms with E-state index in [9.17, 15) is 0 Å². The van der Waals surface area contributed by atoms with Gasteiger partial charge < -0.3 is 20.0 Å². The minimum Gasteiger partial charge on any atom is -0.469 e. The standard InChI is InChI=1S/C18H26N4O.HI/c1-19-18(21-13-11-17-5-4-14-23-17)20-12-10-15-6-8-16(9-7-15)22(2)3;/h4-9,14H,10-13H2,1-3H3,(H2,19,20,21);1H. The topological polar surface area (TPSA) is 52.8 Å². The molecule has 2 N–H and O–H groups in total. The van der Waals surface area contributed by atoms with Gasteiger partial charge in [-0.05, 0) is 36.2 Å².